The Labute approximate surface area is 189 Å². The summed E-state index contributed by atoms with van der Waals surface area (Å²) in [5.41, 5.74) is 1.66. The molecule has 33 heavy (non-hydrogen) atoms. The van der Waals surface area contributed by atoms with E-state index in [1.54, 1.807) is 12.1 Å². The Morgan fingerprint density at radius 2 is 1.91 bits per heavy atom. The molecule has 2 aromatic carbocycles. The Morgan fingerprint density at radius 1 is 1.15 bits per heavy atom. The molecule has 0 radical (unpaired) electrons. The lowest BCUT2D eigenvalue weighted by atomic mass is 10.2. The van der Waals surface area contributed by atoms with E-state index in [1.165, 1.54) is 52.9 Å². The first kappa shape index (κ1) is 22.8. The highest BCUT2D eigenvalue weighted by Crippen LogP contribution is 2.32. The van der Waals surface area contributed by atoms with Crippen LogP contribution < -0.4 is 4.31 Å². The summed E-state index contributed by atoms with van der Waals surface area (Å²) in [5, 5.41) is 0. The molecule has 2 heterocycles. The lowest BCUT2D eigenvalue weighted by Crippen LogP contribution is -2.30. The van der Waals surface area contributed by atoms with Crippen LogP contribution in [0.5, 0.6) is 0 Å². The molecule has 3 aromatic rings. The lowest BCUT2D eigenvalue weighted by Gasteiger charge is -2.21. The summed E-state index contributed by atoms with van der Waals surface area (Å²) < 4.78 is 67.0. The summed E-state index contributed by atoms with van der Waals surface area (Å²) in [6.45, 7) is -1.07. The predicted octanol–water partition coefficient (Wildman–Crippen LogP) is 3.47. The fraction of sp³-hybridized carbons (Fsp3) is 0.273. The topological polar surface area (TPSA) is 75.5 Å². The molecule has 0 fully saturated rings. The van der Waals surface area contributed by atoms with E-state index in [0.29, 0.717) is 18.7 Å². The van der Waals surface area contributed by atoms with Crippen molar-refractivity contribution in [1.29, 1.82) is 0 Å². The second kappa shape index (κ2) is 8.54. The van der Waals surface area contributed by atoms with Gasteiger partial charge in [-0.2, -0.15) is 13.2 Å². The average molecular weight is 478 g/mol. The summed E-state index contributed by atoms with van der Waals surface area (Å²) in [6, 6.07) is 12.9. The quantitative estimate of drug-likeness (QED) is 0.544. The summed E-state index contributed by atoms with van der Waals surface area (Å²) >= 11 is 0. The van der Waals surface area contributed by atoms with Crippen LogP contribution in [0.3, 0.4) is 0 Å². The van der Waals surface area contributed by atoms with Gasteiger partial charge < -0.3 is 9.47 Å². The molecule has 0 bridgehead atoms. The van der Waals surface area contributed by atoms with E-state index in [0.717, 1.165) is 10.1 Å². The summed E-state index contributed by atoms with van der Waals surface area (Å²) in [5.74, 6) is -0.462. The number of aromatic nitrogens is 2. The maximum absolute atomic E-state index is 13.3. The summed E-state index contributed by atoms with van der Waals surface area (Å²) in [6.07, 6.45) is -1.39. The van der Waals surface area contributed by atoms with Gasteiger partial charge in [-0.15, -0.1) is 0 Å². The van der Waals surface area contributed by atoms with Crippen molar-refractivity contribution in [2.45, 2.75) is 30.6 Å². The number of amides is 1. The summed E-state index contributed by atoms with van der Waals surface area (Å²) in [7, 11) is -2.47. The highest BCUT2D eigenvalue weighted by atomic mass is 32.2. The van der Waals surface area contributed by atoms with Crippen LogP contribution in [0, 0.1) is 0 Å². The first-order chi connectivity index (χ1) is 15.6. The molecule has 1 aromatic heterocycles. The van der Waals surface area contributed by atoms with E-state index in [4.69, 9.17) is 0 Å². The van der Waals surface area contributed by atoms with Gasteiger partial charge in [0.1, 0.15) is 12.4 Å². The minimum atomic E-state index is -4.42. The number of halogens is 3. The van der Waals surface area contributed by atoms with E-state index in [-0.39, 0.29) is 22.8 Å². The van der Waals surface area contributed by atoms with Crippen LogP contribution >= 0.6 is 0 Å². The smallest absolute Gasteiger partial charge is 0.334 e. The zero-order valence-electron chi connectivity index (χ0n) is 17.7. The Kier molecular flexibility index (Phi) is 5.91. The van der Waals surface area contributed by atoms with Crippen LogP contribution in [-0.2, 0) is 29.5 Å². The third kappa shape index (κ3) is 4.72. The predicted molar refractivity (Wildman–Crippen MR) is 115 cm³/mol. The molecule has 0 atom stereocenters. The number of hydrogen-bond donors (Lipinski definition) is 0. The number of imidazole rings is 1. The zero-order valence-corrected chi connectivity index (χ0v) is 18.5. The van der Waals surface area contributed by atoms with Crippen LogP contribution in [0.1, 0.15) is 21.7 Å². The Bertz CT molecular complexity index is 1290. The third-order valence-electron chi connectivity index (χ3n) is 5.39. The van der Waals surface area contributed by atoms with Crippen LogP contribution in [0.15, 0.2) is 65.8 Å². The van der Waals surface area contributed by atoms with Crippen molar-refractivity contribution in [3.8, 4) is 0 Å². The maximum Gasteiger partial charge on any atom is 0.406 e. The van der Waals surface area contributed by atoms with Crippen molar-refractivity contribution in [2.24, 2.45) is 0 Å². The van der Waals surface area contributed by atoms with Crippen molar-refractivity contribution in [3.63, 3.8) is 0 Å². The van der Waals surface area contributed by atoms with Crippen molar-refractivity contribution >= 4 is 21.6 Å². The van der Waals surface area contributed by atoms with E-state index >= 15 is 0 Å². The van der Waals surface area contributed by atoms with Gasteiger partial charge in [0.2, 0.25) is 0 Å². The lowest BCUT2D eigenvalue weighted by molar-refractivity contribution is -0.141. The molecule has 1 aliphatic rings. The number of sulfonamides is 1. The Morgan fingerprint density at radius 3 is 2.67 bits per heavy atom. The first-order valence-electron chi connectivity index (χ1n) is 10.1. The third-order valence-corrected chi connectivity index (χ3v) is 7.20. The molecule has 174 valence electrons. The second-order valence-electron chi connectivity index (χ2n) is 7.73. The number of anilines is 1. The van der Waals surface area contributed by atoms with Gasteiger partial charge in [0.05, 0.1) is 17.1 Å². The number of nitrogens with zero attached hydrogens (tertiary/aromatic N) is 4. The molecule has 7 nitrogen and oxygen atoms in total. The normalized spacial score (nSPS) is 13.8. The number of carbonyl (C=O) groups is 1. The fourth-order valence-electron chi connectivity index (χ4n) is 3.81. The molecule has 0 unspecified atom stereocenters. The van der Waals surface area contributed by atoms with Gasteiger partial charge in [0.15, 0.2) is 0 Å². The molecule has 1 aliphatic heterocycles. The van der Waals surface area contributed by atoms with E-state index in [9.17, 15) is 26.4 Å². The molecule has 1 amide bonds. The number of para-hydroxylation sites is 1. The average Bonchev–Trinajstić information content (AvgIpc) is 3.39. The molecule has 0 saturated carbocycles. The summed E-state index contributed by atoms with van der Waals surface area (Å²) in [4.78, 5) is 18.0. The standard InChI is InChI=1S/C22H21F3N4O3S/c1-27(14-20-26-10-12-28(20)15-22(23,24)25)21(30)17-6-4-7-18(13-17)33(31,32)29-11-9-16-5-2-3-8-19(16)29/h2-8,10,12-13H,9,11,14-15H2,1H3. The molecular formula is C22H21F3N4O3S. The number of rotatable bonds is 6. The largest absolute Gasteiger partial charge is 0.406 e. The maximum atomic E-state index is 13.3. The monoisotopic (exact) mass is 478 g/mol. The first-order valence-corrected chi connectivity index (χ1v) is 11.5. The van der Waals surface area contributed by atoms with Crippen molar-refractivity contribution in [2.75, 3.05) is 17.9 Å². The molecule has 11 heteroatoms. The molecule has 0 aliphatic carbocycles. The van der Waals surface area contributed by atoms with Crippen LogP contribution in [-0.4, -0.2) is 48.5 Å². The SMILES string of the molecule is CN(Cc1nccn1CC(F)(F)F)C(=O)c1cccc(S(=O)(=O)N2CCc3ccccc32)c1. The van der Waals surface area contributed by atoms with Gasteiger partial charge in [-0.25, -0.2) is 13.4 Å². The number of fused-ring (bicyclic) bond motifs is 1. The van der Waals surface area contributed by atoms with E-state index < -0.39 is 28.7 Å². The molecule has 4 rings (SSSR count). The number of benzene rings is 2. The number of alkyl halides is 3. The van der Waals surface area contributed by atoms with E-state index in [1.807, 2.05) is 12.1 Å². The second-order valence-corrected chi connectivity index (χ2v) is 9.59. The zero-order chi connectivity index (χ0) is 23.8. The minimum absolute atomic E-state index is 0.0305. The molecule has 0 N–H and O–H groups in total. The van der Waals surface area contributed by atoms with Crippen LogP contribution in [0.2, 0.25) is 0 Å². The molecule has 0 saturated heterocycles. The minimum Gasteiger partial charge on any atom is -0.334 e. The van der Waals surface area contributed by atoms with Gasteiger partial charge in [0.25, 0.3) is 15.9 Å². The highest BCUT2D eigenvalue weighted by molar-refractivity contribution is 7.92. The van der Waals surface area contributed by atoms with E-state index in [2.05, 4.69) is 4.98 Å². The Balaban J connectivity index is 1.55. The number of hydrogen-bond acceptors (Lipinski definition) is 4. The van der Waals surface area contributed by atoms with Gasteiger partial charge in [-0.3, -0.25) is 9.10 Å². The molecular weight excluding hydrogens is 457 g/mol. The van der Waals surface area contributed by atoms with Gasteiger partial charge in [-0.1, -0.05) is 24.3 Å². The van der Waals surface area contributed by atoms with Crippen LogP contribution in [0.25, 0.3) is 0 Å². The van der Waals surface area contributed by atoms with Crippen molar-refractivity contribution in [1.82, 2.24) is 14.5 Å². The Hall–Kier alpha value is -3.34. The van der Waals surface area contributed by atoms with Gasteiger partial charge in [0, 0.05) is 31.5 Å². The highest BCUT2D eigenvalue weighted by Gasteiger charge is 2.32. The van der Waals surface area contributed by atoms with Crippen molar-refractivity contribution < 1.29 is 26.4 Å². The fourth-order valence-corrected chi connectivity index (χ4v) is 5.36. The molecule has 0 spiro atoms. The van der Waals surface area contributed by atoms with Crippen molar-refractivity contribution in [3.05, 3.63) is 77.9 Å². The number of carbonyl (C=O) groups excluding carboxylic acids is 1. The van der Waals surface area contributed by atoms with Crippen LogP contribution in [0.4, 0.5) is 18.9 Å². The van der Waals surface area contributed by atoms with Gasteiger partial charge in [-0.05, 0) is 36.2 Å². The van der Waals surface area contributed by atoms with Gasteiger partial charge >= 0.3 is 6.18 Å².